The Morgan fingerprint density at radius 2 is 2.24 bits per heavy atom. The predicted octanol–water partition coefficient (Wildman–Crippen LogP) is 2.85. The first-order valence-corrected chi connectivity index (χ1v) is 6.56. The maximum absolute atomic E-state index is 11.0. The SMILES string of the molecule is COc1ccc(CN[C@@H](C)c2cccnc2)cc1[N+](=O)[O-]. The van der Waals surface area contributed by atoms with E-state index in [1.165, 1.54) is 13.2 Å². The lowest BCUT2D eigenvalue weighted by molar-refractivity contribution is -0.385. The Balaban J connectivity index is 2.07. The van der Waals surface area contributed by atoms with Gasteiger partial charge in [0.15, 0.2) is 5.75 Å². The molecule has 0 aliphatic rings. The molecule has 0 amide bonds. The van der Waals surface area contributed by atoms with Gasteiger partial charge in [0.05, 0.1) is 12.0 Å². The number of methoxy groups -OCH3 is 1. The van der Waals surface area contributed by atoms with Crippen molar-refractivity contribution in [2.45, 2.75) is 19.5 Å². The third-order valence-electron chi connectivity index (χ3n) is 3.24. The van der Waals surface area contributed by atoms with Crippen LogP contribution in [-0.4, -0.2) is 17.0 Å². The number of hydrogen-bond donors (Lipinski definition) is 1. The first-order chi connectivity index (χ1) is 10.1. The van der Waals surface area contributed by atoms with Gasteiger partial charge in [0.25, 0.3) is 0 Å². The van der Waals surface area contributed by atoms with Crippen LogP contribution in [0.25, 0.3) is 0 Å². The van der Waals surface area contributed by atoms with Crippen molar-refractivity contribution >= 4 is 5.69 Å². The molecule has 1 aromatic heterocycles. The molecule has 0 radical (unpaired) electrons. The molecule has 0 fully saturated rings. The summed E-state index contributed by atoms with van der Waals surface area (Å²) in [4.78, 5) is 14.6. The lowest BCUT2D eigenvalue weighted by atomic mass is 10.1. The number of pyridine rings is 1. The molecule has 0 spiro atoms. The highest BCUT2D eigenvalue weighted by Crippen LogP contribution is 2.27. The molecule has 1 aromatic carbocycles. The number of nitro groups is 1. The normalized spacial score (nSPS) is 11.9. The number of benzene rings is 1. The van der Waals surface area contributed by atoms with Crippen LogP contribution in [0.5, 0.6) is 5.75 Å². The summed E-state index contributed by atoms with van der Waals surface area (Å²) < 4.78 is 4.99. The van der Waals surface area contributed by atoms with Gasteiger partial charge in [-0.3, -0.25) is 15.1 Å². The molecule has 1 heterocycles. The summed E-state index contributed by atoms with van der Waals surface area (Å²) in [6, 6.07) is 8.94. The maximum Gasteiger partial charge on any atom is 0.311 e. The van der Waals surface area contributed by atoms with Gasteiger partial charge >= 0.3 is 5.69 Å². The molecule has 1 N–H and O–H groups in total. The summed E-state index contributed by atoms with van der Waals surface area (Å²) in [6.45, 7) is 2.55. The van der Waals surface area contributed by atoms with Crippen molar-refractivity contribution in [3.05, 3.63) is 64.0 Å². The summed E-state index contributed by atoms with van der Waals surface area (Å²) >= 11 is 0. The quantitative estimate of drug-likeness (QED) is 0.653. The monoisotopic (exact) mass is 287 g/mol. The lowest BCUT2D eigenvalue weighted by Crippen LogP contribution is -2.18. The van der Waals surface area contributed by atoms with E-state index in [1.807, 2.05) is 25.1 Å². The average molecular weight is 287 g/mol. The van der Waals surface area contributed by atoms with Crippen LogP contribution >= 0.6 is 0 Å². The van der Waals surface area contributed by atoms with Gasteiger partial charge in [0.1, 0.15) is 0 Å². The van der Waals surface area contributed by atoms with Gasteiger partial charge in [0, 0.05) is 31.0 Å². The third-order valence-corrected chi connectivity index (χ3v) is 3.24. The summed E-state index contributed by atoms with van der Waals surface area (Å²) in [5.41, 5.74) is 1.88. The van der Waals surface area contributed by atoms with E-state index in [4.69, 9.17) is 4.74 Å². The highest BCUT2D eigenvalue weighted by atomic mass is 16.6. The number of rotatable bonds is 6. The van der Waals surface area contributed by atoms with Crippen molar-refractivity contribution in [1.82, 2.24) is 10.3 Å². The van der Waals surface area contributed by atoms with Gasteiger partial charge in [-0.2, -0.15) is 0 Å². The van der Waals surface area contributed by atoms with Gasteiger partial charge in [-0.1, -0.05) is 12.1 Å². The number of hydrogen-bond acceptors (Lipinski definition) is 5. The van der Waals surface area contributed by atoms with Crippen molar-refractivity contribution in [1.29, 1.82) is 0 Å². The van der Waals surface area contributed by atoms with E-state index in [9.17, 15) is 10.1 Å². The second-order valence-electron chi connectivity index (χ2n) is 4.65. The van der Waals surface area contributed by atoms with Crippen molar-refractivity contribution in [3.8, 4) is 5.75 Å². The maximum atomic E-state index is 11.0. The van der Waals surface area contributed by atoms with Crippen molar-refractivity contribution in [2.75, 3.05) is 7.11 Å². The van der Waals surface area contributed by atoms with Gasteiger partial charge in [-0.15, -0.1) is 0 Å². The second-order valence-corrected chi connectivity index (χ2v) is 4.65. The molecular weight excluding hydrogens is 270 g/mol. The molecule has 0 unspecified atom stereocenters. The molecule has 0 aliphatic carbocycles. The first-order valence-electron chi connectivity index (χ1n) is 6.56. The molecule has 0 bridgehead atoms. The Hall–Kier alpha value is -2.47. The van der Waals surface area contributed by atoms with Crippen LogP contribution in [0.15, 0.2) is 42.7 Å². The summed E-state index contributed by atoms with van der Waals surface area (Å²) in [6.07, 6.45) is 3.52. The van der Waals surface area contributed by atoms with E-state index in [0.29, 0.717) is 6.54 Å². The Morgan fingerprint density at radius 1 is 1.43 bits per heavy atom. The Labute approximate surface area is 122 Å². The van der Waals surface area contributed by atoms with Crippen LogP contribution in [0.4, 0.5) is 5.69 Å². The average Bonchev–Trinajstić information content (AvgIpc) is 2.53. The minimum atomic E-state index is -0.438. The molecule has 21 heavy (non-hydrogen) atoms. The van der Waals surface area contributed by atoms with Gasteiger partial charge in [0.2, 0.25) is 0 Å². The minimum Gasteiger partial charge on any atom is -0.490 e. The molecule has 2 aromatic rings. The van der Waals surface area contributed by atoms with Crippen molar-refractivity contribution in [2.24, 2.45) is 0 Å². The zero-order chi connectivity index (χ0) is 15.2. The largest absolute Gasteiger partial charge is 0.490 e. The van der Waals surface area contributed by atoms with Crippen LogP contribution in [0, 0.1) is 10.1 Å². The van der Waals surface area contributed by atoms with Crippen LogP contribution in [0.1, 0.15) is 24.1 Å². The third kappa shape index (κ3) is 3.76. The minimum absolute atomic E-state index is 0.0224. The zero-order valence-corrected chi connectivity index (χ0v) is 11.9. The fraction of sp³-hybridized carbons (Fsp3) is 0.267. The molecule has 6 nitrogen and oxygen atoms in total. The Kier molecular flexibility index (Phi) is 4.84. The molecule has 6 heteroatoms. The molecule has 0 saturated carbocycles. The molecule has 0 saturated heterocycles. The second kappa shape index (κ2) is 6.81. The Morgan fingerprint density at radius 3 is 2.86 bits per heavy atom. The molecule has 1 atom stereocenters. The van der Waals surface area contributed by atoms with Crippen LogP contribution in [0.3, 0.4) is 0 Å². The van der Waals surface area contributed by atoms with Gasteiger partial charge < -0.3 is 10.1 Å². The number of ether oxygens (including phenoxy) is 1. The summed E-state index contributed by atoms with van der Waals surface area (Å²) in [7, 11) is 1.42. The topological polar surface area (TPSA) is 77.3 Å². The predicted molar refractivity (Wildman–Crippen MR) is 79.1 cm³/mol. The molecule has 0 aliphatic heterocycles. The van der Waals surface area contributed by atoms with E-state index in [0.717, 1.165) is 11.1 Å². The summed E-state index contributed by atoms with van der Waals surface area (Å²) in [5, 5.41) is 14.3. The fourth-order valence-electron chi connectivity index (χ4n) is 2.01. The number of nitrogens with one attached hydrogen (secondary N) is 1. The van der Waals surface area contributed by atoms with E-state index >= 15 is 0 Å². The highest BCUT2D eigenvalue weighted by molar-refractivity contribution is 5.48. The first kappa shape index (κ1) is 14.9. The molecule has 2 rings (SSSR count). The van der Waals surface area contributed by atoms with Crippen LogP contribution < -0.4 is 10.1 Å². The van der Waals surface area contributed by atoms with Crippen molar-refractivity contribution < 1.29 is 9.66 Å². The molecular formula is C15H17N3O3. The number of nitro benzene ring substituents is 1. The van der Waals surface area contributed by atoms with E-state index in [-0.39, 0.29) is 17.5 Å². The zero-order valence-electron chi connectivity index (χ0n) is 11.9. The van der Waals surface area contributed by atoms with E-state index < -0.39 is 4.92 Å². The molecule has 110 valence electrons. The fourth-order valence-corrected chi connectivity index (χ4v) is 2.01. The van der Waals surface area contributed by atoms with Crippen molar-refractivity contribution in [3.63, 3.8) is 0 Å². The highest BCUT2D eigenvalue weighted by Gasteiger charge is 2.15. The summed E-state index contributed by atoms with van der Waals surface area (Å²) in [5.74, 6) is 0.268. The van der Waals surface area contributed by atoms with E-state index in [2.05, 4.69) is 10.3 Å². The lowest BCUT2D eigenvalue weighted by Gasteiger charge is -2.14. The number of aromatic nitrogens is 1. The van der Waals surface area contributed by atoms with Crippen LogP contribution in [-0.2, 0) is 6.54 Å². The smallest absolute Gasteiger partial charge is 0.311 e. The van der Waals surface area contributed by atoms with Crippen LogP contribution in [0.2, 0.25) is 0 Å². The van der Waals surface area contributed by atoms with E-state index in [1.54, 1.807) is 18.5 Å². The van der Waals surface area contributed by atoms with Gasteiger partial charge in [-0.25, -0.2) is 0 Å². The standard InChI is InChI=1S/C15H17N3O3/c1-11(13-4-3-7-16-10-13)17-9-12-5-6-15(21-2)14(8-12)18(19)20/h3-8,10-11,17H,9H2,1-2H3/t11-/m0/s1. The van der Waals surface area contributed by atoms with Gasteiger partial charge in [-0.05, 0) is 30.2 Å². The Bertz CT molecular complexity index is 617. The number of nitrogens with zero attached hydrogens (tertiary/aromatic N) is 2.